The number of ether oxygens (including phenoxy) is 2. The lowest BCUT2D eigenvalue weighted by Crippen LogP contribution is -2.24. The van der Waals surface area contributed by atoms with E-state index in [1.54, 1.807) is 0 Å². The highest BCUT2D eigenvalue weighted by molar-refractivity contribution is 5.78. The molecule has 0 unspecified atom stereocenters. The maximum atomic E-state index is 14.9. The lowest BCUT2D eigenvalue weighted by molar-refractivity contribution is 0.354. The number of fused-ring (bicyclic) bond motifs is 2. The van der Waals surface area contributed by atoms with Crippen molar-refractivity contribution in [2.24, 2.45) is 0 Å². The van der Waals surface area contributed by atoms with Crippen LogP contribution in [0, 0.1) is 11.6 Å². The number of benzene rings is 1. The molecule has 7 heteroatoms. The van der Waals surface area contributed by atoms with Crippen molar-refractivity contribution in [2.45, 2.75) is 25.8 Å². The molecular formula is C25H23F2N3O2. The minimum atomic E-state index is -0.712. The zero-order valence-electron chi connectivity index (χ0n) is 18.0. The van der Waals surface area contributed by atoms with Gasteiger partial charge in [0.05, 0.1) is 19.9 Å². The summed E-state index contributed by atoms with van der Waals surface area (Å²) in [5.41, 5.74) is 6.78. The van der Waals surface area contributed by atoms with Crippen LogP contribution in [0.1, 0.15) is 28.1 Å². The van der Waals surface area contributed by atoms with Gasteiger partial charge in [0.2, 0.25) is 0 Å². The molecule has 32 heavy (non-hydrogen) atoms. The van der Waals surface area contributed by atoms with Gasteiger partial charge in [0, 0.05) is 78.8 Å². The largest absolute Gasteiger partial charge is 0.494 e. The van der Waals surface area contributed by atoms with Crippen LogP contribution >= 0.6 is 0 Å². The molecular weight excluding hydrogens is 412 g/mol. The van der Waals surface area contributed by atoms with E-state index >= 15 is 0 Å². The molecule has 0 fully saturated rings. The van der Waals surface area contributed by atoms with Crippen LogP contribution in [0.2, 0.25) is 0 Å². The molecule has 2 aromatic heterocycles. The fraction of sp³-hybridized carbons (Fsp3) is 0.280. The standard InChI is InChI=1S/C25H23F2N3O2/c1-31-22-10-23(32-2)25(27)19(24(22)26)8-14-3-4-21-18(14)9-16(13-30-21)15-7-17-11-28-6-5-20(17)29-12-15/h3,7,9-10,12-13,28H,4-6,8,11H2,1-2H3. The number of hydrogen-bond acceptors (Lipinski definition) is 5. The fourth-order valence-electron chi connectivity index (χ4n) is 4.38. The van der Waals surface area contributed by atoms with E-state index in [0.717, 1.165) is 53.2 Å². The third-order valence-corrected chi connectivity index (χ3v) is 6.14. The quantitative estimate of drug-likeness (QED) is 0.649. The molecule has 0 amide bonds. The molecule has 3 aromatic rings. The van der Waals surface area contributed by atoms with Gasteiger partial charge < -0.3 is 14.8 Å². The Morgan fingerprint density at radius 1 is 0.938 bits per heavy atom. The Morgan fingerprint density at radius 3 is 2.34 bits per heavy atom. The average Bonchev–Trinajstić information content (AvgIpc) is 3.23. The van der Waals surface area contributed by atoms with Crippen LogP contribution in [0.15, 0.2) is 36.7 Å². The Morgan fingerprint density at radius 2 is 1.62 bits per heavy atom. The lowest BCUT2D eigenvalue weighted by atomic mass is 9.96. The number of hydrogen-bond donors (Lipinski definition) is 1. The van der Waals surface area contributed by atoms with Crippen LogP contribution in [0.4, 0.5) is 8.78 Å². The molecule has 0 spiro atoms. The van der Waals surface area contributed by atoms with E-state index in [4.69, 9.17) is 9.47 Å². The zero-order valence-corrected chi connectivity index (χ0v) is 18.0. The summed E-state index contributed by atoms with van der Waals surface area (Å²) in [4.78, 5) is 9.25. The Hall–Kier alpha value is -3.32. The topological polar surface area (TPSA) is 56.3 Å². The highest BCUT2D eigenvalue weighted by Gasteiger charge is 2.24. The number of nitrogens with one attached hydrogen (secondary N) is 1. The van der Waals surface area contributed by atoms with Crippen molar-refractivity contribution < 1.29 is 18.3 Å². The molecule has 3 heterocycles. The molecule has 1 aliphatic heterocycles. The molecule has 2 aliphatic rings. The normalized spacial score (nSPS) is 14.6. The van der Waals surface area contributed by atoms with Gasteiger partial charge in [-0.05, 0) is 23.3 Å². The van der Waals surface area contributed by atoms with E-state index in [0.29, 0.717) is 6.42 Å². The van der Waals surface area contributed by atoms with Gasteiger partial charge in [-0.25, -0.2) is 8.78 Å². The van der Waals surface area contributed by atoms with E-state index in [1.807, 2.05) is 24.5 Å². The first-order valence-corrected chi connectivity index (χ1v) is 10.5. The van der Waals surface area contributed by atoms with Crippen molar-refractivity contribution in [3.05, 3.63) is 76.4 Å². The Bertz CT molecular complexity index is 1210. The minimum Gasteiger partial charge on any atom is -0.494 e. The third kappa shape index (κ3) is 3.52. The van der Waals surface area contributed by atoms with Gasteiger partial charge in [0.1, 0.15) is 0 Å². The second-order valence-corrected chi connectivity index (χ2v) is 7.97. The summed E-state index contributed by atoms with van der Waals surface area (Å²) >= 11 is 0. The van der Waals surface area contributed by atoms with Crippen LogP contribution in [0.25, 0.3) is 16.7 Å². The maximum absolute atomic E-state index is 14.9. The van der Waals surface area contributed by atoms with Crippen molar-refractivity contribution in [3.8, 4) is 22.6 Å². The van der Waals surface area contributed by atoms with E-state index in [1.165, 1.54) is 25.8 Å². The highest BCUT2D eigenvalue weighted by Crippen LogP contribution is 2.37. The molecule has 1 aromatic carbocycles. The van der Waals surface area contributed by atoms with Gasteiger partial charge in [0.25, 0.3) is 0 Å². The summed E-state index contributed by atoms with van der Waals surface area (Å²) < 4.78 is 40.0. The summed E-state index contributed by atoms with van der Waals surface area (Å²) in [5.74, 6) is -1.51. The number of pyridine rings is 2. The summed E-state index contributed by atoms with van der Waals surface area (Å²) in [6.07, 6.45) is 7.31. The summed E-state index contributed by atoms with van der Waals surface area (Å²) in [6.45, 7) is 1.74. The smallest absolute Gasteiger partial charge is 0.171 e. The SMILES string of the molecule is COc1cc(OC)c(F)c(CC2=CCc3ncc(-c4cnc5c(c4)CNCC5)cc32)c1F. The molecule has 5 nitrogen and oxygen atoms in total. The predicted octanol–water partition coefficient (Wildman–Crippen LogP) is 4.27. The first-order chi connectivity index (χ1) is 15.6. The second-order valence-electron chi connectivity index (χ2n) is 7.97. The van der Waals surface area contributed by atoms with Crippen molar-refractivity contribution in [2.75, 3.05) is 20.8 Å². The average molecular weight is 435 g/mol. The summed E-state index contributed by atoms with van der Waals surface area (Å²) in [6, 6.07) is 5.40. The Kier molecular flexibility index (Phi) is 5.35. The molecule has 5 rings (SSSR count). The van der Waals surface area contributed by atoms with Crippen LogP contribution in [0.3, 0.4) is 0 Å². The van der Waals surface area contributed by atoms with Gasteiger partial charge in [-0.1, -0.05) is 6.08 Å². The Labute approximate surface area is 185 Å². The van der Waals surface area contributed by atoms with Crippen LogP contribution in [-0.4, -0.2) is 30.7 Å². The second kappa shape index (κ2) is 8.31. The molecule has 0 atom stereocenters. The van der Waals surface area contributed by atoms with Crippen molar-refractivity contribution in [1.29, 1.82) is 0 Å². The number of halogens is 2. The van der Waals surface area contributed by atoms with E-state index in [-0.39, 0.29) is 23.5 Å². The number of nitrogens with zero attached hydrogens (tertiary/aromatic N) is 2. The number of allylic oxidation sites excluding steroid dienone is 2. The molecule has 164 valence electrons. The lowest BCUT2D eigenvalue weighted by Gasteiger charge is -2.17. The van der Waals surface area contributed by atoms with Crippen LogP contribution < -0.4 is 14.8 Å². The Balaban J connectivity index is 1.50. The van der Waals surface area contributed by atoms with Gasteiger partial charge in [-0.3, -0.25) is 9.97 Å². The first kappa shape index (κ1) is 20.6. The van der Waals surface area contributed by atoms with Gasteiger partial charge in [-0.15, -0.1) is 0 Å². The maximum Gasteiger partial charge on any atom is 0.171 e. The first-order valence-electron chi connectivity index (χ1n) is 10.5. The van der Waals surface area contributed by atoms with Crippen molar-refractivity contribution in [3.63, 3.8) is 0 Å². The van der Waals surface area contributed by atoms with Crippen molar-refractivity contribution >= 4 is 5.57 Å². The summed E-state index contributed by atoms with van der Waals surface area (Å²) in [5, 5.41) is 3.37. The van der Waals surface area contributed by atoms with E-state index in [2.05, 4.69) is 21.4 Å². The predicted molar refractivity (Wildman–Crippen MR) is 118 cm³/mol. The highest BCUT2D eigenvalue weighted by atomic mass is 19.1. The fourth-order valence-corrected chi connectivity index (χ4v) is 4.38. The molecule has 0 bridgehead atoms. The summed E-state index contributed by atoms with van der Waals surface area (Å²) in [7, 11) is 2.70. The van der Waals surface area contributed by atoms with Gasteiger partial charge in [0.15, 0.2) is 23.1 Å². The molecule has 0 saturated heterocycles. The zero-order chi connectivity index (χ0) is 22.2. The number of aromatic nitrogens is 2. The molecule has 1 N–H and O–H groups in total. The molecule has 0 saturated carbocycles. The van der Waals surface area contributed by atoms with Crippen LogP contribution in [-0.2, 0) is 25.8 Å². The molecule has 0 radical (unpaired) electrons. The van der Waals surface area contributed by atoms with Crippen LogP contribution in [0.5, 0.6) is 11.5 Å². The van der Waals surface area contributed by atoms with Gasteiger partial charge >= 0.3 is 0 Å². The number of methoxy groups -OCH3 is 2. The monoisotopic (exact) mass is 435 g/mol. The van der Waals surface area contributed by atoms with Crippen molar-refractivity contribution in [1.82, 2.24) is 15.3 Å². The third-order valence-electron chi connectivity index (χ3n) is 6.14. The van der Waals surface area contributed by atoms with Gasteiger partial charge in [-0.2, -0.15) is 0 Å². The molecule has 1 aliphatic carbocycles. The number of rotatable bonds is 5. The minimum absolute atomic E-state index is 0.0438. The van der Waals surface area contributed by atoms with E-state index < -0.39 is 11.6 Å². The van der Waals surface area contributed by atoms with E-state index in [9.17, 15) is 8.78 Å².